The van der Waals surface area contributed by atoms with Crippen LogP contribution < -0.4 is 0 Å². The first kappa shape index (κ1) is 36.5. The molecular weight excluding hydrogens is 660 g/mol. The van der Waals surface area contributed by atoms with Gasteiger partial charge in [0.25, 0.3) is 0 Å². The van der Waals surface area contributed by atoms with Crippen molar-refractivity contribution in [2.75, 3.05) is 6.61 Å². The van der Waals surface area contributed by atoms with Gasteiger partial charge in [-0.3, -0.25) is 19.2 Å². The van der Waals surface area contributed by atoms with Crippen molar-refractivity contribution in [2.24, 2.45) is 11.3 Å². The van der Waals surface area contributed by atoms with Crippen molar-refractivity contribution >= 4 is 35.8 Å². The molecule has 270 valence electrons. The first-order valence-corrected chi connectivity index (χ1v) is 15.9. The zero-order valence-electron chi connectivity index (χ0n) is 28.7. The van der Waals surface area contributed by atoms with Gasteiger partial charge in [-0.1, -0.05) is 18.2 Å². The van der Waals surface area contributed by atoms with Crippen molar-refractivity contribution in [1.82, 2.24) is 0 Å². The van der Waals surface area contributed by atoms with E-state index in [9.17, 15) is 33.9 Å². The second-order valence-corrected chi connectivity index (χ2v) is 13.5. The normalized spacial score (nSPS) is 33.6. The standard InChI is InChI=1S/C35H40O15/c1-18(36)44-17-34-27(46-20(3)38)24(45-19(2)37)15-33(7,42)35(34)28(47-21(4)39)25(32(5,6)50-35)26(48-30(40)22-11-9-8-10-12-22)29(34)49-31(41)23-13-14-43-16-23/h8-14,16,24-29,42H,15,17H2,1-7H3/t24?,25-,26-,27?,28-,29+,33+,34?,35+/m1/s1. The van der Waals surface area contributed by atoms with Crippen LogP contribution in [0.5, 0.6) is 0 Å². The molecule has 1 spiro atoms. The van der Waals surface area contributed by atoms with E-state index in [1.54, 1.807) is 32.0 Å². The molecule has 0 radical (unpaired) electrons. The predicted octanol–water partition coefficient (Wildman–Crippen LogP) is 2.71. The molecule has 1 aromatic carbocycles. The minimum Gasteiger partial charge on any atom is -0.472 e. The number of fused-ring (bicyclic) bond motifs is 1. The molecule has 3 fully saturated rings. The molecule has 2 aromatic rings. The predicted molar refractivity (Wildman–Crippen MR) is 166 cm³/mol. The molecule has 1 aromatic heterocycles. The third-order valence-corrected chi connectivity index (χ3v) is 9.71. The smallest absolute Gasteiger partial charge is 0.341 e. The Kier molecular flexibility index (Phi) is 9.62. The van der Waals surface area contributed by atoms with E-state index >= 15 is 0 Å². The van der Waals surface area contributed by atoms with E-state index in [2.05, 4.69) is 0 Å². The lowest BCUT2D eigenvalue weighted by molar-refractivity contribution is -0.362. The molecule has 2 bridgehead atoms. The molecule has 15 nitrogen and oxygen atoms in total. The van der Waals surface area contributed by atoms with Gasteiger partial charge in [0.15, 0.2) is 17.8 Å². The Morgan fingerprint density at radius 1 is 0.740 bits per heavy atom. The summed E-state index contributed by atoms with van der Waals surface area (Å²) in [6.07, 6.45) is -6.33. The van der Waals surface area contributed by atoms with Crippen molar-refractivity contribution in [3.05, 3.63) is 60.1 Å². The van der Waals surface area contributed by atoms with Crippen LogP contribution in [0.4, 0.5) is 0 Å². The van der Waals surface area contributed by atoms with Gasteiger partial charge in [-0.05, 0) is 39.0 Å². The summed E-state index contributed by atoms with van der Waals surface area (Å²) >= 11 is 0. The maximum Gasteiger partial charge on any atom is 0.341 e. The molecular formula is C35H40O15. The first-order chi connectivity index (χ1) is 23.4. The van der Waals surface area contributed by atoms with E-state index in [4.69, 9.17) is 37.6 Å². The van der Waals surface area contributed by atoms with Crippen LogP contribution in [0, 0.1) is 11.3 Å². The Labute approximate surface area is 287 Å². The average Bonchev–Trinajstić information content (AvgIpc) is 3.61. The molecule has 3 unspecified atom stereocenters. The summed E-state index contributed by atoms with van der Waals surface area (Å²) in [7, 11) is 0. The van der Waals surface area contributed by atoms with Crippen LogP contribution >= 0.6 is 0 Å². The van der Waals surface area contributed by atoms with Crippen LogP contribution in [-0.4, -0.2) is 94.9 Å². The van der Waals surface area contributed by atoms with Crippen LogP contribution in [0.25, 0.3) is 0 Å². The SMILES string of the molecule is CC(=O)OCC12C(OC(C)=O)C(OC(C)=O)C[C@](C)(O)[C@]13OC(C)(C)[C@H]([C@@H](OC(=O)c1ccccc1)[C@@H]2OC(=O)c1ccoc1)[C@H]3OC(C)=O. The Balaban J connectivity index is 1.90. The lowest BCUT2D eigenvalue weighted by Gasteiger charge is -2.66. The third kappa shape index (κ3) is 6.02. The summed E-state index contributed by atoms with van der Waals surface area (Å²) in [5, 5.41) is 12.7. The maximum atomic E-state index is 13.9. The minimum atomic E-state index is -2.32. The number of hydrogen-bond acceptors (Lipinski definition) is 15. The highest BCUT2D eigenvalue weighted by Gasteiger charge is 2.89. The van der Waals surface area contributed by atoms with Gasteiger partial charge in [-0.2, -0.15) is 0 Å². The molecule has 1 N–H and O–H groups in total. The van der Waals surface area contributed by atoms with E-state index in [1.165, 1.54) is 31.4 Å². The van der Waals surface area contributed by atoms with E-state index in [1.807, 2.05) is 0 Å². The highest BCUT2D eigenvalue weighted by Crippen LogP contribution is 2.69. The Morgan fingerprint density at radius 3 is 1.90 bits per heavy atom. The van der Waals surface area contributed by atoms with Crippen molar-refractivity contribution in [2.45, 2.75) is 102 Å². The van der Waals surface area contributed by atoms with E-state index in [0.29, 0.717) is 0 Å². The summed E-state index contributed by atoms with van der Waals surface area (Å²) in [5.41, 5.74) is -8.22. The zero-order chi connectivity index (χ0) is 36.8. The third-order valence-electron chi connectivity index (χ3n) is 9.71. The minimum absolute atomic E-state index is 0.0763. The van der Waals surface area contributed by atoms with Crippen LogP contribution in [0.3, 0.4) is 0 Å². The number of rotatable bonds is 9. The van der Waals surface area contributed by atoms with E-state index < -0.39 is 107 Å². The molecule has 2 saturated carbocycles. The maximum absolute atomic E-state index is 13.9. The summed E-state index contributed by atoms with van der Waals surface area (Å²) in [6.45, 7) is 8.04. The van der Waals surface area contributed by atoms with Crippen LogP contribution in [0.1, 0.15) is 75.6 Å². The van der Waals surface area contributed by atoms with E-state index in [0.717, 1.165) is 34.0 Å². The van der Waals surface area contributed by atoms with Gasteiger partial charge in [0.05, 0.1) is 34.5 Å². The first-order valence-electron chi connectivity index (χ1n) is 15.9. The van der Waals surface area contributed by atoms with Crippen LogP contribution in [0.2, 0.25) is 0 Å². The molecule has 0 amide bonds. The lowest BCUT2D eigenvalue weighted by atomic mass is 9.45. The topological polar surface area (TPSA) is 200 Å². The van der Waals surface area contributed by atoms with Gasteiger partial charge in [0, 0.05) is 34.1 Å². The van der Waals surface area contributed by atoms with Gasteiger partial charge >= 0.3 is 35.8 Å². The molecule has 2 aliphatic carbocycles. The number of esters is 6. The molecule has 2 heterocycles. The fourth-order valence-corrected chi connectivity index (χ4v) is 8.19. The summed E-state index contributed by atoms with van der Waals surface area (Å²) < 4.78 is 47.6. The summed E-state index contributed by atoms with van der Waals surface area (Å²) in [5.74, 6) is -6.51. The lowest BCUT2D eigenvalue weighted by Crippen LogP contribution is -2.85. The largest absolute Gasteiger partial charge is 0.472 e. The Bertz CT molecular complexity index is 1650. The number of hydrogen-bond donors (Lipinski definition) is 1. The second kappa shape index (κ2) is 13.2. The number of carbonyl (C=O) groups is 6. The molecule has 1 aliphatic heterocycles. The van der Waals surface area contributed by atoms with Gasteiger partial charge < -0.3 is 42.7 Å². The quantitative estimate of drug-likeness (QED) is 0.295. The van der Waals surface area contributed by atoms with Crippen molar-refractivity contribution in [3.63, 3.8) is 0 Å². The highest BCUT2D eigenvalue weighted by atomic mass is 16.7. The number of furan rings is 1. The Morgan fingerprint density at radius 2 is 1.34 bits per heavy atom. The second-order valence-electron chi connectivity index (χ2n) is 13.5. The summed E-state index contributed by atoms with van der Waals surface area (Å²) in [4.78, 5) is 78.9. The van der Waals surface area contributed by atoms with Crippen LogP contribution in [0.15, 0.2) is 53.3 Å². The number of benzene rings is 1. The van der Waals surface area contributed by atoms with Crippen molar-refractivity contribution in [1.29, 1.82) is 0 Å². The molecule has 5 rings (SSSR count). The average molecular weight is 701 g/mol. The van der Waals surface area contributed by atoms with Crippen molar-refractivity contribution < 1.29 is 71.4 Å². The Hall–Kier alpha value is -4.76. The molecule has 50 heavy (non-hydrogen) atoms. The van der Waals surface area contributed by atoms with Crippen LogP contribution in [-0.2, 0) is 52.3 Å². The van der Waals surface area contributed by atoms with Gasteiger partial charge in [-0.25, -0.2) is 9.59 Å². The number of carbonyl (C=O) groups excluding carboxylic acids is 6. The fourth-order valence-electron chi connectivity index (χ4n) is 8.19. The molecule has 9 atom stereocenters. The van der Waals surface area contributed by atoms with Gasteiger partial charge in [0.2, 0.25) is 0 Å². The monoisotopic (exact) mass is 700 g/mol. The number of aliphatic hydroxyl groups is 1. The molecule has 1 saturated heterocycles. The van der Waals surface area contributed by atoms with Gasteiger partial charge in [0.1, 0.15) is 36.6 Å². The zero-order valence-corrected chi connectivity index (χ0v) is 28.7. The molecule has 15 heteroatoms. The van der Waals surface area contributed by atoms with Gasteiger partial charge in [-0.15, -0.1) is 0 Å². The van der Waals surface area contributed by atoms with Crippen molar-refractivity contribution in [3.8, 4) is 0 Å². The fraction of sp³-hybridized carbons (Fsp3) is 0.543. The summed E-state index contributed by atoms with van der Waals surface area (Å²) in [6, 6.07) is 9.17. The van der Waals surface area contributed by atoms with E-state index in [-0.39, 0.29) is 11.1 Å². The molecule has 3 aliphatic rings. The highest BCUT2D eigenvalue weighted by molar-refractivity contribution is 5.90. The number of ether oxygens (including phenoxy) is 7.